The van der Waals surface area contributed by atoms with Gasteiger partial charge in [-0.2, -0.15) is 0 Å². The molecule has 0 saturated heterocycles. The first-order valence-corrected chi connectivity index (χ1v) is 11.7. The molecule has 36 heavy (non-hydrogen) atoms. The Morgan fingerprint density at radius 1 is 0.917 bits per heavy atom. The number of furan rings is 1. The Kier molecular flexibility index (Phi) is 10.1. The molecule has 3 rings (SSSR count). The molecular formula is C27H31N3O6. The third-order valence-corrected chi connectivity index (χ3v) is 5.32. The average Bonchev–Trinajstić information content (AvgIpc) is 3.40. The van der Waals surface area contributed by atoms with Crippen molar-refractivity contribution in [3.8, 4) is 0 Å². The standard InChI is InChI=1S/C27H31N3O6/c1-3-35-26(32)22-11-13-23(14-12-22)28-27(33)29(15-17-34-2)20-25(31)30(19-24-10-7-16-36-24)18-21-8-5-4-6-9-21/h4-14,16H,3,15,17-20H2,1-2H3,(H,28,33). The van der Waals surface area contributed by atoms with Crippen molar-refractivity contribution in [2.24, 2.45) is 0 Å². The van der Waals surface area contributed by atoms with E-state index in [9.17, 15) is 14.4 Å². The summed E-state index contributed by atoms with van der Waals surface area (Å²) >= 11 is 0. The van der Waals surface area contributed by atoms with Gasteiger partial charge in [-0.25, -0.2) is 9.59 Å². The zero-order valence-corrected chi connectivity index (χ0v) is 20.5. The van der Waals surface area contributed by atoms with Crippen LogP contribution >= 0.6 is 0 Å². The van der Waals surface area contributed by atoms with E-state index in [1.807, 2.05) is 30.3 Å². The highest BCUT2D eigenvalue weighted by Crippen LogP contribution is 2.14. The van der Waals surface area contributed by atoms with Crippen molar-refractivity contribution in [1.82, 2.24) is 9.80 Å². The molecule has 0 aliphatic rings. The van der Waals surface area contributed by atoms with Gasteiger partial charge in [-0.05, 0) is 48.9 Å². The first kappa shape index (κ1) is 26.5. The number of carbonyl (C=O) groups is 3. The van der Waals surface area contributed by atoms with E-state index in [2.05, 4.69) is 5.32 Å². The van der Waals surface area contributed by atoms with Gasteiger partial charge in [-0.1, -0.05) is 30.3 Å². The summed E-state index contributed by atoms with van der Waals surface area (Å²) in [5.74, 6) is -0.0224. The van der Waals surface area contributed by atoms with Gasteiger partial charge in [0.25, 0.3) is 0 Å². The maximum Gasteiger partial charge on any atom is 0.338 e. The lowest BCUT2D eigenvalue weighted by molar-refractivity contribution is -0.133. The summed E-state index contributed by atoms with van der Waals surface area (Å²) in [6, 6.07) is 19.1. The summed E-state index contributed by atoms with van der Waals surface area (Å²) in [7, 11) is 1.53. The number of rotatable bonds is 12. The Bertz CT molecular complexity index is 1100. The molecule has 9 nitrogen and oxygen atoms in total. The predicted octanol–water partition coefficient (Wildman–Crippen LogP) is 4.17. The third-order valence-electron chi connectivity index (χ3n) is 5.32. The van der Waals surface area contributed by atoms with E-state index in [1.165, 1.54) is 12.0 Å². The SMILES string of the molecule is CCOC(=O)c1ccc(NC(=O)N(CCOC)CC(=O)N(Cc2ccccc2)Cc2ccco2)cc1. The molecule has 3 amide bonds. The second-order valence-corrected chi connectivity index (χ2v) is 7.96. The van der Waals surface area contributed by atoms with Gasteiger partial charge in [0.1, 0.15) is 12.3 Å². The van der Waals surface area contributed by atoms with Crippen molar-refractivity contribution < 1.29 is 28.3 Å². The quantitative estimate of drug-likeness (QED) is 0.380. The van der Waals surface area contributed by atoms with Crippen LogP contribution in [0.5, 0.6) is 0 Å². The Hall–Kier alpha value is -4.11. The molecule has 0 aliphatic carbocycles. The number of esters is 1. The lowest BCUT2D eigenvalue weighted by atomic mass is 10.2. The van der Waals surface area contributed by atoms with Gasteiger partial charge in [0.05, 0.1) is 31.6 Å². The highest BCUT2D eigenvalue weighted by atomic mass is 16.5. The first-order valence-electron chi connectivity index (χ1n) is 11.7. The Labute approximate surface area is 210 Å². The fourth-order valence-electron chi connectivity index (χ4n) is 3.45. The summed E-state index contributed by atoms with van der Waals surface area (Å²) in [4.78, 5) is 41.3. The second-order valence-electron chi connectivity index (χ2n) is 7.96. The number of methoxy groups -OCH3 is 1. The molecule has 0 spiro atoms. The topological polar surface area (TPSA) is 101 Å². The van der Waals surface area contributed by atoms with Gasteiger partial charge in [-0.3, -0.25) is 4.79 Å². The Morgan fingerprint density at radius 2 is 1.67 bits per heavy atom. The van der Waals surface area contributed by atoms with Crippen LogP contribution in [0.15, 0.2) is 77.4 Å². The minimum atomic E-state index is -0.457. The predicted molar refractivity (Wildman–Crippen MR) is 134 cm³/mol. The van der Waals surface area contributed by atoms with Crippen LogP contribution in [0, 0.1) is 0 Å². The van der Waals surface area contributed by atoms with Crippen LogP contribution in [0.1, 0.15) is 28.6 Å². The van der Waals surface area contributed by atoms with Crippen LogP contribution in [0.3, 0.4) is 0 Å². The van der Waals surface area contributed by atoms with Gasteiger partial charge in [0.15, 0.2) is 0 Å². The van der Waals surface area contributed by atoms with Crippen molar-refractivity contribution in [1.29, 1.82) is 0 Å². The average molecular weight is 494 g/mol. The summed E-state index contributed by atoms with van der Waals surface area (Å²) in [6.07, 6.45) is 1.56. The van der Waals surface area contributed by atoms with E-state index in [4.69, 9.17) is 13.9 Å². The van der Waals surface area contributed by atoms with Crippen LogP contribution in [0.2, 0.25) is 0 Å². The maximum absolute atomic E-state index is 13.4. The highest BCUT2D eigenvalue weighted by Gasteiger charge is 2.23. The van der Waals surface area contributed by atoms with Gasteiger partial charge in [0.2, 0.25) is 5.91 Å². The van der Waals surface area contributed by atoms with Crippen molar-refractivity contribution in [3.05, 3.63) is 89.9 Å². The van der Waals surface area contributed by atoms with E-state index < -0.39 is 12.0 Å². The highest BCUT2D eigenvalue weighted by molar-refractivity contribution is 5.94. The molecule has 3 aromatic rings. The molecule has 0 unspecified atom stereocenters. The summed E-state index contributed by atoms with van der Waals surface area (Å²) < 4.78 is 15.6. The number of carbonyl (C=O) groups excluding carboxylic acids is 3. The lowest BCUT2D eigenvalue weighted by Crippen LogP contribution is -2.45. The number of nitrogens with one attached hydrogen (secondary N) is 1. The van der Waals surface area contributed by atoms with Crippen LogP contribution in [0.25, 0.3) is 0 Å². The van der Waals surface area contributed by atoms with Crippen molar-refractivity contribution in [2.45, 2.75) is 20.0 Å². The zero-order chi connectivity index (χ0) is 25.8. The number of ether oxygens (including phenoxy) is 2. The number of urea groups is 1. The van der Waals surface area contributed by atoms with E-state index in [1.54, 1.807) is 54.5 Å². The Morgan fingerprint density at radius 3 is 2.31 bits per heavy atom. The molecule has 0 fully saturated rings. The van der Waals surface area contributed by atoms with E-state index in [0.717, 1.165) is 5.56 Å². The molecule has 190 valence electrons. The van der Waals surface area contributed by atoms with E-state index >= 15 is 0 Å². The number of hydrogen-bond donors (Lipinski definition) is 1. The van der Waals surface area contributed by atoms with E-state index in [-0.39, 0.29) is 38.8 Å². The molecule has 1 aromatic heterocycles. The van der Waals surface area contributed by atoms with Gasteiger partial charge >= 0.3 is 12.0 Å². The van der Waals surface area contributed by atoms with Gasteiger partial charge < -0.3 is 29.0 Å². The molecule has 0 radical (unpaired) electrons. The summed E-state index contributed by atoms with van der Waals surface area (Å²) in [6.45, 7) is 2.99. The Balaban J connectivity index is 1.70. The number of nitrogens with zero attached hydrogens (tertiary/aromatic N) is 2. The van der Waals surface area contributed by atoms with Crippen LogP contribution in [-0.4, -0.2) is 61.1 Å². The number of hydrogen-bond acceptors (Lipinski definition) is 6. The smallest absolute Gasteiger partial charge is 0.338 e. The fourth-order valence-corrected chi connectivity index (χ4v) is 3.45. The zero-order valence-electron chi connectivity index (χ0n) is 20.5. The largest absolute Gasteiger partial charge is 0.467 e. The van der Waals surface area contributed by atoms with Crippen molar-refractivity contribution in [2.75, 3.05) is 38.7 Å². The maximum atomic E-state index is 13.4. The minimum Gasteiger partial charge on any atom is -0.467 e. The first-order chi connectivity index (χ1) is 17.5. The molecule has 1 N–H and O–H groups in total. The van der Waals surface area contributed by atoms with Crippen LogP contribution < -0.4 is 5.32 Å². The molecule has 1 heterocycles. The number of benzene rings is 2. The van der Waals surface area contributed by atoms with Crippen molar-refractivity contribution in [3.63, 3.8) is 0 Å². The fraction of sp³-hybridized carbons (Fsp3) is 0.296. The summed E-state index contributed by atoms with van der Waals surface area (Å²) in [5.41, 5.74) is 1.84. The monoisotopic (exact) mass is 493 g/mol. The number of amides is 3. The lowest BCUT2D eigenvalue weighted by Gasteiger charge is -2.27. The van der Waals surface area contributed by atoms with Gasteiger partial charge in [0, 0.05) is 25.9 Å². The van der Waals surface area contributed by atoms with Crippen LogP contribution in [0.4, 0.5) is 10.5 Å². The molecule has 0 aliphatic heterocycles. The molecule has 0 atom stereocenters. The van der Waals surface area contributed by atoms with Crippen LogP contribution in [-0.2, 0) is 27.4 Å². The molecule has 0 saturated carbocycles. The number of anilines is 1. The molecule has 0 bridgehead atoms. The van der Waals surface area contributed by atoms with E-state index in [0.29, 0.717) is 23.6 Å². The second kappa shape index (κ2) is 13.7. The minimum absolute atomic E-state index is 0.149. The molecular weight excluding hydrogens is 462 g/mol. The third kappa shape index (κ3) is 7.99. The molecule has 2 aromatic carbocycles. The normalized spacial score (nSPS) is 10.5. The van der Waals surface area contributed by atoms with Gasteiger partial charge in [-0.15, -0.1) is 0 Å². The molecule has 9 heteroatoms. The van der Waals surface area contributed by atoms with Crippen molar-refractivity contribution >= 4 is 23.6 Å². The summed E-state index contributed by atoms with van der Waals surface area (Å²) in [5, 5.41) is 2.78.